The molecule has 0 heterocycles. The van der Waals surface area contributed by atoms with Gasteiger partial charge in [0, 0.05) is 16.1 Å². The lowest BCUT2D eigenvalue weighted by molar-refractivity contribution is -0.112. The summed E-state index contributed by atoms with van der Waals surface area (Å²) in [6.07, 6.45) is 5.49. The van der Waals surface area contributed by atoms with Gasteiger partial charge in [-0.05, 0) is 54.6 Å². The largest absolute Gasteiger partial charge is 0.504 e. The first-order valence-electron chi connectivity index (χ1n) is 8.10. The number of anilines is 1. The van der Waals surface area contributed by atoms with Crippen LogP contribution >= 0.6 is 11.8 Å². The van der Waals surface area contributed by atoms with E-state index in [1.54, 1.807) is 36.0 Å². The zero-order valence-corrected chi connectivity index (χ0v) is 16.0. The monoisotopic (exact) mass is 380 g/mol. The van der Waals surface area contributed by atoms with Crippen LogP contribution in [0.15, 0.2) is 59.5 Å². The molecule has 0 aromatic heterocycles. The van der Waals surface area contributed by atoms with E-state index in [4.69, 9.17) is 4.74 Å². The summed E-state index contributed by atoms with van der Waals surface area (Å²) in [4.78, 5) is 13.5. The third-order valence-corrected chi connectivity index (χ3v) is 4.49. The lowest BCUT2D eigenvalue weighted by Crippen LogP contribution is -2.13. The Balaban J connectivity index is 2.34. The Hall–Kier alpha value is -3.17. The van der Waals surface area contributed by atoms with Crippen LogP contribution in [0.5, 0.6) is 11.5 Å². The molecule has 0 radical (unpaired) electrons. The molecule has 6 heteroatoms. The molecule has 2 N–H and O–H groups in total. The third kappa shape index (κ3) is 5.16. The summed E-state index contributed by atoms with van der Waals surface area (Å²) in [5.74, 6) is -0.217. The summed E-state index contributed by atoms with van der Waals surface area (Å²) >= 11 is 1.56. The first-order valence-corrected chi connectivity index (χ1v) is 9.32. The Morgan fingerprint density at radius 1 is 1.41 bits per heavy atom. The number of aromatic hydroxyl groups is 1. The topological polar surface area (TPSA) is 82.4 Å². The number of rotatable bonds is 7. The normalized spacial score (nSPS) is 10.8. The van der Waals surface area contributed by atoms with E-state index < -0.39 is 5.91 Å². The molecule has 0 aliphatic carbocycles. The maximum Gasteiger partial charge on any atom is 0.266 e. The average molecular weight is 380 g/mol. The number of phenols is 1. The number of amides is 1. The fourth-order valence-electron chi connectivity index (χ4n) is 2.45. The molecule has 2 rings (SSSR count). The van der Waals surface area contributed by atoms with Gasteiger partial charge in [-0.1, -0.05) is 12.1 Å². The number of phenolic OH excluding ortho intramolecular Hbond substituents is 1. The van der Waals surface area contributed by atoms with Gasteiger partial charge in [-0.25, -0.2) is 0 Å². The van der Waals surface area contributed by atoms with Crippen LogP contribution in [0, 0.1) is 11.3 Å². The summed E-state index contributed by atoms with van der Waals surface area (Å²) in [6, 6.07) is 12.6. The van der Waals surface area contributed by atoms with Gasteiger partial charge in [0.25, 0.3) is 5.91 Å². The number of hydrogen-bond donors (Lipinski definition) is 2. The van der Waals surface area contributed by atoms with E-state index in [0.29, 0.717) is 23.2 Å². The van der Waals surface area contributed by atoms with E-state index in [-0.39, 0.29) is 17.1 Å². The predicted octanol–water partition coefficient (Wildman–Crippen LogP) is 4.40. The van der Waals surface area contributed by atoms with Crippen LogP contribution in [0.2, 0.25) is 0 Å². The third-order valence-electron chi connectivity index (χ3n) is 3.76. The van der Waals surface area contributed by atoms with Crippen molar-refractivity contribution >= 4 is 29.4 Å². The second kappa shape index (κ2) is 9.51. The lowest BCUT2D eigenvalue weighted by atomic mass is 10.0. The Kier molecular flexibility index (Phi) is 7.09. The molecule has 0 saturated carbocycles. The second-order valence-electron chi connectivity index (χ2n) is 5.58. The van der Waals surface area contributed by atoms with E-state index in [1.807, 2.05) is 30.5 Å². The molecular weight excluding hydrogens is 360 g/mol. The van der Waals surface area contributed by atoms with E-state index >= 15 is 0 Å². The summed E-state index contributed by atoms with van der Waals surface area (Å²) in [5.41, 5.74) is 1.73. The highest BCUT2D eigenvalue weighted by Gasteiger charge is 2.13. The summed E-state index contributed by atoms with van der Waals surface area (Å²) in [6.45, 7) is 3.66. The van der Waals surface area contributed by atoms with Gasteiger partial charge in [-0.2, -0.15) is 5.26 Å². The maximum atomic E-state index is 12.5. The molecule has 0 fully saturated rings. The van der Waals surface area contributed by atoms with Crippen molar-refractivity contribution in [2.24, 2.45) is 0 Å². The highest BCUT2D eigenvalue weighted by atomic mass is 32.2. The van der Waals surface area contributed by atoms with Gasteiger partial charge in [0.05, 0.1) is 7.11 Å². The van der Waals surface area contributed by atoms with Gasteiger partial charge in [0.1, 0.15) is 11.6 Å². The Morgan fingerprint density at radius 3 is 2.81 bits per heavy atom. The molecule has 0 aliphatic heterocycles. The number of benzene rings is 2. The molecule has 5 nitrogen and oxygen atoms in total. The smallest absolute Gasteiger partial charge is 0.266 e. The molecule has 0 bridgehead atoms. The number of methoxy groups -OCH3 is 1. The molecule has 0 aliphatic rings. The lowest BCUT2D eigenvalue weighted by Gasteiger charge is -2.10. The Bertz CT molecular complexity index is 930. The van der Waals surface area contributed by atoms with Crippen LogP contribution in [0.4, 0.5) is 5.69 Å². The highest BCUT2D eigenvalue weighted by molar-refractivity contribution is 7.98. The van der Waals surface area contributed by atoms with Crippen molar-refractivity contribution in [1.82, 2.24) is 0 Å². The van der Waals surface area contributed by atoms with Crippen molar-refractivity contribution in [3.63, 3.8) is 0 Å². The summed E-state index contributed by atoms with van der Waals surface area (Å²) in [5, 5.41) is 22.3. The van der Waals surface area contributed by atoms with Crippen molar-refractivity contribution in [2.75, 3.05) is 18.7 Å². The molecule has 0 spiro atoms. The first-order chi connectivity index (χ1) is 13.0. The number of nitrogens with one attached hydrogen (secondary N) is 1. The van der Waals surface area contributed by atoms with Crippen LogP contribution in [0.3, 0.4) is 0 Å². The summed E-state index contributed by atoms with van der Waals surface area (Å²) in [7, 11) is 1.44. The zero-order chi connectivity index (χ0) is 19.8. The van der Waals surface area contributed by atoms with Gasteiger partial charge in [-0.15, -0.1) is 18.3 Å². The number of carbonyl (C=O) groups excluding carboxylic acids is 1. The fraction of sp³-hybridized carbons (Fsp3) is 0.143. The van der Waals surface area contributed by atoms with Crippen LogP contribution in [0.1, 0.15) is 11.1 Å². The van der Waals surface area contributed by atoms with E-state index in [9.17, 15) is 15.2 Å². The molecule has 0 saturated heterocycles. The standard InChI is InChI=1S/C21H20N2O3S/c1-4-6-15-9-14(11-19(26-2)20(15)24)10-16(13-22)21(25)23-17-7-5-8-18(12-17)27-3/h4-5,7-12,24H,1,6H2,2-3H3,(H,23,25). The molecule has 2 aromatic rings. The van der Waals surface area contributed by atoms with Gasteiger partial charge < -0.3 is 15.2 Å². The number of nitrogens with zero attached hydrogens (tertiary/aromatic N) is 1. The van der Waals surface area contributed by atoms with Crippen molar-refractivity contribution in [1.29, 1.82) is 5.26 Å². The average Bonchev–Trinajstić information content (AvgIpc) is 2.68. The van der Waals surface area contributed by atoms with Crippen LogP contribution in [-0.2, 0) is 11.2 Å². The van der Waals surface area contributed by atoms with Crippen molar-refractivity contribution in [2.45, 2.75) is 11.3 Å². The number of thioether (sulfide) groups is 1. The molecular formula is C21H20N2O3S. The van der Waals surface area contributed by atoms with Crippen molar-refractivity contribution in [3.05, 3.63) is 65.8 Å². The molecule has 0 unspecified atom stereocenters. The van der Waals surface area contributed by atoms with Gasteiger partial charge >= 0.3 is 0 Å². The zero-order valence-electron chi connectivity index (χ0n) is 15.2. The van der Waals surface area contributed by atoms with Crippen molar-refractivity contribution in [3.8, 4) is 17.6 Å². The molecule has 0 atom stereocenters. The fourth-order valence-corrected chi connectivity index (χ4v) is 2.91. The second-order valence-corrected chi connectivity index (χ2v) is 6.46. The Labute approximate surface area is 163 Å². The maximum absolute atomic E-state index is 12.5. The number of hydrogen-bond acceptors (Lipinski definition) is 5. The first kappa shape index (κ1) is 20.1. The molecule has 138 valence electrons. The minimum atomic E-state index is -0.506. The van der Waals surface area contributed by atoms with E-state index in [1.165, 1.54) is 13.2 Å². The highest BCUT2D eigenvalue weighted by Crippen LogP contribution is 2.33. The van der Waals surface area contributed by atoms with Gasteiger partial charge in [0.2, 0.25) is 0 Å². The number of carbonyl (C=O) groups is 1. The van der Waals surface area contributed by atoms with Crippen molar-refractivity contribution < 1.29 is 14.6 Å². The summed E-state index contributed by atoms with van der Waals surface area (Å²) < 4.78 is 5.17. The number of allylic oxidation sites excluding steroid dienone is 1. The molecule has 27 heavy (non-hydrogen) atoms. The predicted molar refractivity (Wildman–Crippen MR) is 109 cm³/mol. The SMILES string of the molecule is C=CCc1cc(C=C(C#N)C(=O)Nc2cccc(SC)c2)cc(OC)c1O. The molecule has 2 aromatic carbocycles. The number of ether oxygens (including phenoxy) is 1. The van der Waals surface area contributed by atoms with Crippen LogP contribution in [0.25, 0.3) is 6.08 Å². The van der Waals surface area contributed by atoms with Crippen LogP contribution in [-0.4, -0.2) is 24.4 Å². The van der Waals surface area contributed by atoms with Crippen LogP contribution < -0.4 is 10.1 Å². The minimum absolute atomic E-state index is 0.0198. The van der Waals surface area contributed by atoms with E-state index in [2.05, 4.69) is 11.9 Å². The number of nitriles is 1. The quantitative estimate of drug-likeness (QED) is 0.322. The Morgan fingerprint density at radius 2 is 2.19 bits per heavy atom. The minimum Gasteiger partial charge on any atom is -0.504 e. The van der Waals surface area contributed by atoms with Gasteiger partial charge in [-0.3, -0.25) is 4.79 Å². The van der Waals surface area contributed by atoms with Gasteiger partial charge in [0.15, 0.2) is 11.5 Å². The molecule has 1 amide bonds. The van der Waals surface area contributed by atoms with E-state index in [0.717, 1.165) is 4.90 Å².